The maximum atomic E-state index is 12.7. The smallest absolute Gasteiger partial charge is 0.262 e. The van der Waals surface area contributed by atoms with E-state index in [-0.39, 0.29) is 11.5 Å². The summed E-state index contributed by atoms with van der Waals surface area (Å²) >= 11 is 12.1. The van der Waals surface area contributed by atoms with Crippen molar-refractivity contribution in [1.82, 2.24) is 15.0 Å². The Morgan fingerprint density at radius 1 is 1.00 bits per heavy atom. The second-order valence-corrected chi connectivity index (χ2v) is 6.43. The number of halogens is 2. The largest absolute Gasteiger partial charge is 0.324 e. The molecule has 0 unspecified atom stereocenters. The molecule has 0 amide bonds. The zero-order chi connectivity index (χ0) is 18.1. The third-order valence-corrected chi connectivity index (χ3v) is 4.42. The third kappa shape index (κ3) is 3.14. The van der Waals surface area contributed by atoms with Gasteiger partial charge in [0.1, 0.15) is 0 Å². The van der Waals surface area contributed by atoms with Crippen molar-refractivity contribution in [2.75, 3.05) is 5.32 Å². The fraction of sp³-hybridized carbons (Fsp3) is 0. The molecule has 0 radical (unpaired) electrons. The van der Waals surface area contributed by atoms with Crippen molar-refractivity contribution in [3.8, 4) is 11.1 Å². The maximum Gasteiger partial charge on any atom is 0.262 e. The van der Waals surface area contributed by atoms with E-state index in [1.54, 1.807) is 30.5 Å². The molecule has 2 heterocycles. The van der Waals surface area contributed by atoms with Crippen molar-refractivity contribution in [2.24, 2.45) is 0 Å². The number of anilines is 2. The number of aromatic amines is 1. The van der Waals surface area contributed by atoms with Crippen LogP contribution in [0.1, 0.15) is 0 Å². The van der Waals surface area contributed by atoms with E-state index in [0.717, 1.165) is 11.1 Å². The SMILES string of the molecule is O=c1[nH]c(Nc2ccc(Cl)cc2Cl)nc2nccc(-c3ccccc3)c12. The number of hydrogen-bond acceptors (Lipinski definition) is 4. The van der Waals surface area contributed by atoms with Gasteiger partial charge in [-0.3, -0.25) is 9.78 Å². The summed E-state index contributed by atoms with van der Waals surface area (Å²) in [6.07, 6.45) is 1.64. The first-order chi connectivity index (χ1) is 12.6. The first kappa shape index (κ1) is 16.6. The second kappa shape index (κ2) is 6.78. The van der Waals surface area contributed by atoms with Gasteiger partial charge < -0.3 is 5.32 Å². The minimum Gasteiger partial charge on any atom is -0.324 e. The van der Waals surface area contributed by atoms with Gasteiger partial charge in [-0.1, -0.05) is 53.5 Å². The second-order valence-electron chi connectivity index (χ2n) is 5.59. The van der Waals surface area contributed by atoms with Crippen LogP contribution in [0.25, 0.3) is 22.2 Å². The highest BCUT2D eigenvalue weighted by atomic mass is 35.5. The van der Waals surface area contributed by atoms with Crippen LogP contribution >= 0.6 is 23.2 Å². The molecule has 2 N–H and O–H groups in total. The lowest BCUT2D eigenvalue weighted by Gasteiger charge is -2.10. The summed E-state index contributed by atoms with van der Waals surface area (Å²) in [5, 5.41) is 4.38. The van der Waals surface area contributed by atoms with Crippen molar-refractivity contribution in [3.05, 3.63) is 81.2 Å². The highest BCUT2D eigenvalue weighted by Crippen LogP contribution is 2.28. The monoisotopic (exact) mass is 382 g/mol. The molecule has 2 aromatic carbocycles. The van der Waals surface area contributed by atoms with E-state index in [0.29, 0.717) is 26.8 Å². The number of aromatic nitrogens is 3. The molecule has 0 aliphatic rings. The third-order valence-electron chi connectivity index (χ3n) is 3.88. The van der Waals surface area contributed by atoms with Gasteiger partial charge >= 0.3 is 0 Å². The summed E-state index contributed by atoms with van der Waals surface area (Å²) in [6.45, 7) is 0. The Morgan fingerprint density at radius 3 is 2.58 bits per heavy atom. The summed E-state index contributed by atoms with van der Waals surface area (Å²) in [5.74, 6) is 0.254. The molecular weight excluding hydrogens is 371 g/mol. The van der Waals surface area contributed by atoms with Gasteiger partial charge in [0.2, 0.25) is 5.95 Å². The zero-order valence-electron chi connectivity index (χ0n) is 13.3. The van der Waals surface area contributed by atoms with E-state index in [1.807, 2.05) is 30.3 Å². The van der Waals surface area contributed by atoms with Gasteiger partial charge in [0.05, 0.1) is 16.1 Å². The molecule has 0 atom stereocenters. The van der Waals surface area contributed by atoms with Crippen molar-refractivity contribution < 1.29 is 0 Å². The standard InChI is InChI=1S/C19H12Cl2N4O/c20-12-6-7-15(14(21)10-12)23-19-24-17-16(18(26)25-19)13(8-9-22-17)11-4-2-1-3-5-11/h1-10H,(H2,22,23,24,25,26). The highest BCUT2D eigenvalue weighted by Gasteiger charge is 2.12. The van der Waals surface area contributed by atoms with Crippen LogP contribution < -0.4 is 10.9 Å². The number of benzene rings is 2. The van der Waals surface area contributed by atoms with Crippen LogP contribution in [0.4, 0.5) is 11.6 Å². The van der Waals surface area contributed by atoms with Gasteiger partial charge in [-0.15, -0.1) is 0 Å². The molecule has 5 nitrogen and oxygen atoms in total. The quantitative estimate of drug-likeness (QED) is 0.520. The molecule has 0 fully saturated rings. The molecular formula is C19H12Cl2N4O. The Kier molecular flexibility index (Phi) is 4.32. The molecule has 4 rings (SSSR count). The van der Waals surface area contributed by atoms with Crippen LogP contribution in [0.3, 0.4) is 0 Å². The van der Waals surface area contributed by atoms with Gasteiger partial charge in [0.15, 0.2) is 5.65 Å². The predicted molar refractivity (Wildman–Crippen MR) is 105 cm³/mol. The van der Waals surface area contributed by atoms with E-state index < -0.39 is 0 Å². The summed E-state index contributed by atoms with van der Waals surface area (Å²) in [7, 11) is 0. The Morgan fingerprint density at radius 2 is 1.81 bits per heavy atom. The van der Waals surface area contributed by atoms with Crippen LogP contribution in [-0.4, -0.2) is 15.0 Å². The molecule has 7 heteroatoms. The summed E-state index contributed by atoms with van der Waals surface area (Å²) in [5.41, 5.74) is 2.35. The zero-order valence-corrected chi connectivity index (χ0v) is 14.8. The van der Waals surface area contributed by atoms with Crippen LogP contribution in [0.15, 0.2) is 65.6 Å². The predicted octanol–water partition coefficient (Wildman–Crippen LogP) is 5.04. The topological polar surface area (TPSA) is 70.7 Å². The minimum atomic E-state index is -0.283. The number of rotatable bonds is 3. The average Bonchev–Trinajstić information content (AvgIpc) is 2.64. The molecule has 0 saturated heterocycles. The normalized spacial score (nSPS) is 10.8. The Balaban J connectivity index is 1.82. The van der Waals surface area contributed by atoms with Gasteiger partial charge in [0.25, 0.3) is 5.56 Å². The molecule has 4 aromatic rings. The number of nitrogens with one attached hydrogen (secondary N) is 2. The van der Waals surface area contributed by atoms with Crippen molar-refractivity contribution >= 4 is 45.9 Å². The highest BCUT2D eigenvalue weighted by molar-refractivity contribution is 6.36. The van der Waals surface area contributed by atoms with Gasteiger partial charge in [-0.2, -0.15) is 4.98 Å². The van der Waals surface area contributed by atoms with Gasteiger partial charge in [-0.25, -0.2) is 4.98 Å². The molecule has 128 valence electrons. The van der Waals surface area contributed by atoms with Crippen LogP contribution in [-0.2, 0) is 0 Å². The van der Waals surface area contributed by atoms with Gasteiger partial charge in [-0.05, 0) is 35.4 Å². The molecule has 2 aromatic heterocycles. The van der Waals surface area contributed by atoms with Crippen molar-refractivity contribution in [1.29, 1.82) is 0 Å². The van der Waals surface area contributed by atoms with E-state index in [1.165, 1.54) is 0 Å². The van der Waals surface area contributed by atoms with E-state index >= 15 is 0 Å². The van der Waals surface area contributed by atoms with Gasteiger partial charge in [0, 0.05) is 11.2 Å². The van der Waals surface area contributed by atoms with Crippen molar-refractivity contribution in [3.63, 3.8) is 0 Å². The number of hydrogen-bond donors (Lipinski definition) is 2. The van der Waals surface area contributed by atoms with E-state index in [2.05, 4.69) is 20.3 Å². The number of fused-ring (bicyclic) bond motifs is 1. The Bertz CT molecular complexity index is 1160. The molecule has 0 aliphatic heterocycles. The van der Waals surface area contributed by atoms with E-state index in [4.69, 9.17) is 23.2 Å². The number of H-pyrrole nitrogens is 1. The fourth-order valence-electron chi connectivity index (χ4n) is 2.70. The molecule has 0 spiro atoms. The fourth-order valence-corrected chi connectivity index (χ4v) is 3.15. The van der Waals surface area contributed by atoms with Crippen LogP contribution in [0.2, 0.25) is 10.0 Å². The lowest BCUT2D eigenvalue weighted by Crippen LogP contribution is -2.13. The Labute approximate surface area is 158 Å². The Hall–Kier alpha value is -2.89. The summed E-state index contributed by atoms with van der Waals surface area (Å²) in [6, 6.07) is 16.5. The molecule has 26 heavy (non-hydrogen) atoms. The number of nitrogens with zero attached hydrogens (tertiary/aromatic N) is 2. The average molecular weight is 383 g/mol. The minimum absolute atomic E-state index is 0.254. The maximum absolute atomic E-state index is 12.7. The first-order valence-corrected chi connectivity index (χ1v) is 8.54. The lowest BCUT2D eigenvalue weighted by molar-refractivity contribution is 1.14. The first-order valence-electron chi connectivity index (χ1n) is 7.78. The lowest BCUT2D eigenvalue weighted by atomic mass is 10.0. The summed E-state index contributed by atoms with van der Waals surface area (Å²) < 4.78 is 0. The number of pyridine rings is 1. The van der Waals surface area contributed by atoms with Crippen LogP contribution in [0.5, 0.6) is 0 Å². The molecule has 0 bridgehead atoms. The van der Waals surface area contributed by atoms with E-state index in [9.17, 15) is 4.79 Å². The molecule has 0 saturated carbocycles. The summed E-state index contributed by atoms with van der Waals surface area (Å²) in [4.78, 5) is 24.1. The molecule has 0 aliphatic carbocycles. The van der Waals surface area contributed by atoms with Crippen molar-refractivity contribution in [2.45, 2.75) is 0 Å². The van der Waals surface area contributed by atoms with Crippen LogP contribution in [0, 0.1) is 0 Å².